The van der Waals surface area contributed by atoms with Crippen LogP contribution in [0.15, 0.2) is 47.4 Å². The van der Waals surface area contributed by atoms with Crippen LogP contribution < -0.4 is 4.72 Å². The molecule has 1 aromatic heterocycles. The van der Waals surface area contributed by atoms with E-state index >= 15 is 0 Å². The van der Waals surface area contributed by atoms with Gasteiger partial charge in [-0.1, -0.05) is 12.1 Å². The first-order valence-electron chi connectivity index (χ1n) is 7.04. The Bertz CT molecular complexity index is 980. The second-order valence-corrected chi connectivity index (χ2v) is 7.08. The number of nitrogens with zero attached hydrogens (tertiary/aromatic N) is 2. The molecule has 0 unspecified atom stereocenters. The molecule has 0 fully saturated rings. The second-order valence-electron chi connectivity index (χ2n) is 5.31. The Labute approximate surface area is 133 Å². The lowest BCUT2D eigenvalue weighted by Crippen LogP contribution is -2.24. The molecule has 120 valence electrons. The first kappa shape index (κ1) is 15.6. The molecule has 0 amide bonds. The number of imidazole rings is 1. The summed E-state index contributed by atoms with van der Waals surface area (Å²) in [6.45, 7) is 1.59. The molecular formula is C16H16FN3O2S. The quantitative estimate of drug-likeness (QED) is 0.798. The number of hydrogen-bond donors (Lipinski definition) is 1. The van der Waals surface area contributed by atoms with E-state index in [4.69, 9.17) is 0 Å². The standard InChI is InChI=1S/C16H16FN3O2S/c1-11-9-12(7-8-13(11)17)23(21,22)18-10-16-19-14-5-3-4-6-15(14)20(16)2/h3-9,18H,10H2,1-2H3. The highest BCUT2D eigenvalue weighted by atomic mass is 32.2. The van der Waals surface area contributed by atoms with Crippen LogP contribution in [0.4, 0.5) is 4.39 Å². The van der Waals surface area contributed by atoms with Crippen LogP contribution in [0.25, 0.3) is 11.0 Å². The molecule has 2 aromatic carbocycles. The third-order valence-electron chi connectivity index (χ3n) is 3.74. The van der Waals surface area contributed by atoms with Gasteiger partial charge in [-0.3, -0.25) is 0 Å². The molecule has 3 rings (SSSR count). The summed E-state index contributed by atoms with van der Waals surface area (Å²) in [6, 6.07) is 11.3. The number of halogens is 1. The Balaban J connectivity index is 1.86. The molecule has 5 nitrogen and oxygen atoms in total. The molecule has 0 aliphatic rings. The minimum Gasteiger partial charge on any atom is -0.330 e. The highest BCUT2D eigenvalue weighted by Gasteiger charge is 2.17. The summed E-state index contributed by atoms with van der Waals surface area (Å²) in [5.74, 6) is 0.174. The highest BCUT2D eigenvalue weighted by Crippen LogP contribution is 2.16. The summed E-state index contributed by atoms with van der Waals surface area (Å²) >= 11 is 0. The maximum absolute atomic E-state index is 13.3. The van der Waals surface area contributed by atoms with Gasteiger partial charge in [-0.25, -0.2) is 22.5 Å². The molecule has 0 saturated carbocycles. The van der Waals surface area contributed by atoms with Crippen LogP contribution in [-0.2, 0) is 23.6 Å². The molecule has 0 saturated heterocycles. The predicted octanol–water partition coefficient (Wildman–Crippen LogP) is 2.50. The lowest BCUT2D eigenvalue weighted by molar-refractivity contribution is 0.576. The SMILES string of the molecule is Cc1cc(S(=O)(=O)NCc2nc3ccccc3n2C)ccc1F. The smallest absolute Gasteiger partial charge is 0.240 e. The van der Waals surface area contributed by atoms with Crippen molar-refractivity contribution in [2.24, 2.45) is 7.05 Å². The monoisotopic (exact) mass is 333 g/mol. The number of benzene rings is 2. The number of sulfonamides is 1. The largest absolute Gasteiger partial charge is 0.330 e. The average Bonchev–Trinajstić information content (AvgIpc) is 2.85. The van der Waals surface area contributed by atoms with E-state index < -0.39 is 15.8 Å². The van der Waals surface area contributed by atoms with Gasteiger partial charge in [-0.15, -0.1) is 0 Å². The van der Waals surface area contributed by atoms with Gasteiger partial charge >= 0.3 is 0 Å². The first-order valence-corrected chi connectivity index (χ1v) is 8.53. The van der Waals surface area contributed by atoms with Gasteiger partial charge in [0, 0.05) is 7.05 Å². The lowest BCUT2D eigenvalue weighted by Gasteiger charge is -2.08. The summed E-state index contributed by atoms with van der Waals surface area (Å²) < 4.78 is 42.3. The molecule has 0 spiro atoms. The number of hydrogen-bond acceptors (Lipinski definition) is 3. The molecule has 0 aliphatic heterocycles. The zero-order chi connectivity index (χ0) is 16.6. The summed E-state index contributed by atoms with van der Waals surface area (Å²) in [4.78, 5) is 4.45. The molecule has 3 aromatic rings. The number of aryl methyl sites for hydroxylation is 2. The molecule has 0 aliphatic carbocycles. The van der Waals surface area contributed by atoms with E-state index in [1.54, 1.807) is 0 Å². The van der Waals surface area contributed by atoms with Gasteiger partial charge in [0.15, 0.2) is 0 Å². The minimum absolute atomic E-state index is 0.0372. The van der Waals surface area contributed by atoms with Crippen molar-refractivity contribution in [1.29, 1.82) is 0 Å². The van der Waals surface area contributed by atoms with Crippen LogP contribution in [0, 0.1) is 12.7 Å². The van der Waals surface area contributed by atoms with Crippen molar-refractivity contribution in [3.05, 3.63) is 59.7 Å². The molecular weight excluding hydrogens is 317 g/mol. The van der Waals surface area contributed by atoms with Gasteiger partial charge in [0.2, 0.25) is 10.0 Å². The van der Waals surface area contributed by atoms with Crippen molar-refractivity contribution in [2.75, 3.05) is 0 Å². The van der Waals surface area contributed by atoms with Crippen molar-refractivity contribution in [1.82, 2.24) is 14.3 Å². The number of fused-ring (bicyclic) bond motifs is 1. The van der Waals surface area contributed by atoms with E-state index in [0.29, 0.717) is 5.82 Å². The van der Waals surface area contributed by atoms with Crippen molar-refractivity contribution in [3.8, 4) is 0 Å². The van der Waals surface area contributed by atoms with Crippen LogP contribution in [0.3, 0.4) is 0 Å². The molecule has 0 bridgehead atoms. The van der Waals surface area contributed by atoms with Gasteiger partial charge in [0.05, 0.1) is 22.5 Å². The van der Waals surface area contributed by atoms with Crippen LogP contribution >= 0.6 is 0 Å². The third kappa shape index (κ3) is 2.97. The summed E-state index contributed by atoms with van der Waals surface area (Å²) in [5, 5.41) is 0. The van der Waals surface area contributed by atoms with Crippen LogP contribution in [0.2, 0.25) is 0 Å². The number of para-hydroxylation sites is 2. The highest BCUT2D eigenvalue weighted by molar-refractivity contribution is 7.89. The van der Waals surface area contributed by atoms with Crippen molar-refractivity contribution in [2.45, 2.75) is 18.4 Å². The summed E-state index contributed by atoms with van der Waals surface area (Å²) in [7, 11) is -1.89. The Kier molecular flexibility index (Phi) is 3.91. The van der Waals surface area contributed by atoms with Gasteiger partial charge in [0.1, 0.15) is 11.6 Å². The fourth-order valence-corrected chi connectivity index (χ4v) is 3.45. The van der Waals surface area contributed by atoms with Gasteiger partial charge in [-0.05, 0) is 42.8 Å². The maximum Gasteiger partial charge on any atom is 0.240 e. The first-order chi connectivity index (χ1) is 10.9. The lowest BCUT2D eigenvalue weighted by atomic mass is 10.2. The zero-order valence-electron chi connectivity index (χ0n) is 12.7. The van der Waals surface area contributed by atoms with Gasteiger partial charge < -0.3 is 4.57 Å². The molecule has 0 radical (unpaired) electrons. The van der Waals surface area contributed by atoms with E-state index in [-0.39, 0.29) is 17.0 Å². The minimum atomic E-state index is -3.72. The Hall–Kier alpha value is -2.25. The molecule has 23 heavy (non-hydrogen) atoms. The van der Waals surface area contributed by atoms with E-state index in [2.05, 4.69) is 9.71 Å². The van der Waals surface area contributed by atoms with Gasteiger partial charge in [-0.2, -0.15) is 0 Å². The number of nitrogens with one attached hydrogen (secondary N) is 1. The van der Waals surface area contributed by atoms with E-state index in [0.717, 1.165) is 17.1 Å². The maximum atomic E-state index is 13.3. The third-order valence-corrected chi connectivity index (χ3v) is 5.14. The Morgan fingerprint density at radius 3 is 2.65 bits per heavy atom. The van der Waals surface area contributed by atoms with Crippen molar-refractivity contribution in [3.63, 3.8) is 0 Å². The number of aromatic nitrogens is 2. The molecule has 0 atom stereocenters. The Morgan fingerprint density at radius 1 is 1.22 bits per heavy atom. The van der Waals surface area contributed by atoms with E-state index in [1.165, 1.54) is 19.1 Å². The fraction of sp³-hybridized carbons (Fsp3) is 0.188. The van der Waals surface area contributed by atoms with Crippen LogP contribution in [-0.4, -0.2) is 18.0 Å². The van der Waals surface area contributed by atoms with Gasteiger partial charge in [0.25, 0.3) is 0 Å². The predicted molar refractivity (Wildman–Crippen MR) is 85.9 cm³/mol. The van der Waals surface area contributed by atoms with Crippen LogP contribution in [0.5, 0.6) is 0 Å². The summed E-state index contributed by atoms with van der Waals surface area (Å²) in [5.41, 5.74) is 2.02. The topological polar surface area (TPSA) is 64.0 Å². The second kappa shape index (κ2) is 5.75. The van der Waals surface area contributed by atoms with Crippen molar-refractivity contribution < 1.29 is 12.8 Å². The zero-order valence-corrected chi connectivity index (χ0v) is 13.6. The fourth-order valence-electron chi connectivity index (χ4n) is 2.38. The van der Waals surface area contributed by atoms with Crippen LogP contribution in [0.1, 0.15) is 11.4 Å². The molecule has 1 heterocycles. The Morgan fingerprint density at radius 2 is 1.96 bits per heavy atom. The molecule has 1 N–H and O–H groups in total. The summed E-state index contributed by atoms with van der Waals surface area (Å²) in [6.07, 6.45) is 0. The van der Waals surface area contributed by atoms with Crippen molar-refractivity contribution >= 4 is 21.1 Å². The average molecular weight is 333 g/mol. The molecule has 7 heteroatoms. The normalized spacial score (nSPS) is 12.0. The van der Waals surface area contributed by atoms with E-state index in [1.807, 2.05) is 35.9 Å². The number of rotatable bonds is 4. The van der Waals surface area contributed by atoms with E-state index in [9.17, 15) is 12.8 Å².